The number of hydrogen-bond donors (Lipinski definition) is 2. The molecular weight excluding hydrogens is 655 g/mol. The number of carbonyl (C=O) groups excluding carboxylic acids is 1. The quantitative estimate of drug-likeness (QED) is 0.0721. The van der Waals surface area contributed by atoms with E-state index in [1.165, 1.54) is 11.6 Å². The zero-order chi connectivity index (χ0) is 27.7. The van der Waals surface area contributed by atoms with Gasteiger partial charge in [-0.05, 0) is 58.0 Å². The SMILES string of the molecule is O=C(NS(=O)(=CCCCNc1nc(Cl)ncc1I)c1cc([N+](=O)[O-])cc([N+](=O)[O-])c1)OCc1ccccc1. The van der Waals surface area contributed by atoms with Crippen LogP contribution in [0.2, 0.25) is 5.28 Å². The van der Waals surface area contributed by atoms with Crippen LogP contribution in [0.5, 0.6) is 0 Å². The molecule has 0 saturated heterocycles. The van der Waals surface area contributed by atoms with Gasteiger partial charge in [-0.1, -0.05) is 30.3 Å². The number of carbonyl (C=O) groups is 1. The standard InChI is InChI=1S/C22H20ClIN6O7S/c23-21-26-13-19(24)20(27-21)25-8-4-5-9-38(36,28-22(31)37-14-15-6-2-1-3-7-15)18-11-16(29(32)33)10-17(12-18)30(34)35/h1-3,6-7,9-13H,4-5,8,14H2,(H,25,26,27)(H,28,31,36). The Balaban J connectivity index is 1.84. The number of nitrogens with zero attached hydrogens (tertiary/aromatic N) is 4. The van der Waals surface area contributed by atoms with Gasteiger partial charge in [-0.15, -0.1) is 0 Å². The van der Waals surface area contributed by atoms with E-state index in [2.05, 4.69) is 20.0 Å². The molecule has 3 aromatic rings. The monoisotopic (exact) mass is 674 g/mol. The van der Waals surface area contributed by atoms with Crippen molar-refractivity contribution in [1.82, 2.24) is 14.7 Å². The molecular formula is C22H20ClIN6O7S. The molecule has 1 aromatic heterocycles. The molecule has 200 valence electrons. The average molecular weight is 675 g/mol. The van der Waals surface area contributed by atoms with Crippen LogP contribution < -0.4 is 10.0 Å². The van der Waals surface area contributed by atoms with Crippen molar-refractivity contribution in [2.45, 2.75) is 24.3 Å². The number of anilines is 1. The maximum Gasteiger partial charge on any atom is 0.419 e. The van der Waals surface area contributed by atoms with E-state index in [1.54, 1.807) is 30.3 Å². The minimum Gasteiger partial charge on any atom is -0.444 e. The fraction of sp³-hybridized carbons (Fsp3) is 0.182. The summed E-state index contributed by atoms with van der Waals surface area (Å²) in [6.45, 7) is 0.240. The van der Waals surface area contributed by atoms with Gasteiger partial charge >= 0.3 is 6.09 Å². The topological polar surface area (TPSA) is 179 Å². The molecule has 0 aliphatic heterocycles. The predicted octanol–water partition coefficient (Wildman–Crippen LogP) is 4.73. The minimum atomic E-state index is -3.68. The van der Waals surface area contributed by atoms with Crippen molar-refractivity contribution in [1.29, 1.82) is 0 Å². The number of amides is 1. The van der Waals surface area contributed by atoms with E-state index in [4.69, 9.17) is 16.3 Å². The van der Waals surface area contributed by atoms with Gasteiger partial charge in [0.15, 0.2) is 0 Å². The van der Waals surface area contributed by atoms with Crippen LogP contribution in [0.25, 0.3) is 0 Å². The summed E-state index contributed by atoms with van der Waals surface area (Å²) in [7, 11) is -3.68. The molecule has 1 unspecified atom stereocenters. The summed E-state index contributed by atoms with van der Waals surface area (Å²) in [5.41, 5.74) is -0.618. The summed E-state index contributed by atoms with van der Waals surface area (Å²) in [6, 6.07) is 11.3. The lowest BCUT2D eigenvalue weighted by atomic mass is 10.2. The Kier molecular flexibility index (Phi) is 10.1. The number of hydrogen-bond acceptors (Lipinski definition) is 10. The van der Waals surface area contributed by atoms with Crippen LogP contribution in [0.15, 0.2) is 59.6 Å². The van der Waals surface area contributed by atoms with E-state index < -0.39 is 37.0 Å². The van der Waals surface area contributed by atoms with E-state index in [0.29, 0.717) is 24.3 Å². The van der Waals surface area contributed by atoms with Crippen LogP contribution in [0.1, 0.15) is 18.4 Å². The van der Waals surface area contributed by atoms with Crippen molar-refractivity contribution >= 4 is 72.6 Å². The van der Waals surface area contributed by atoms with Crippen molar-refractivity contribution in [2.75, 3.05) is 11.9 Å². The molecule has 3 rings (SSSR count). The highest BCUT2D eigenvalue weighted by molar-refractivity contribution is 14.1. The van der Waals surface area contributed by atoms with Gasteiger partial charge in [0.1, 0.15) is 12.4 Å². The van der Waals surface area contributed by atoms with Gasteiger partial charge in [-0.3, -0.25) is 20.2 Å². The van der Waals surface area contributed by atoms with Gasteiger partial charge in [0.25, 0.3) is 11.4 Å². The number of ether oxygens (including phenoxy) is 1. The molecule has 1 heterocycles. The van der Waals surface area contributed by atoms with Gasteiger partial charge in [-0.25, -0.2) is 18.7 Å². The highest BCUT2D eigenvalue weighted by Crippen LogP contribution is 2.26. The molecule has 2 aromatic carbocycles. The molecule has 1 atom stereocenters. The van der Waals surface area contributed by atoms with Gasteiger partial charge in [0.05, 0.1) is 34.1 Å². The number of non-ortho nitro benzene ring substituents is 2. The molecule has 16 heteroatoms. The maximum atomic E-state index is 13.9. The number of nitro groups is 2. The Morgan fingerprint density at radius 2 is 1.79 bits per heavy atom. The molecule has 0 spiro atoms. The third kappa shape index (κ3) is 8.22. The normalized spacial score (nSPS) is 12.2. The summed E-state index contributed by atoms with van der Waals surface area (Å²) < 4.78 is 22.0. The lowest BCUT2D eigenvalue weighted by molar-refractivity contribution is -0.394. The second kappa shape index (κ2) is 13.3. The number of benzene rings is 2. The molecule has 2 N–H and O–H groups in total. The van der Waals surface area contributed by atoms with E-state index in [9.17, 15) is 29.2 Å². The molecule has 1 amide bonds. The lowest BCUT2D eigenvalue weighted by Crippen LogP contribution is -2.32. The highest BCUT2D eigenvalue weighted by atomic mass is 127. The Morgan fingerprint density at radius 3 is 2.42 bits per heavy atom. The van der Waals surface area contributed by atoms with Gasteiger partial charge in [0.2, 0.25) is 5.28 Å². The second-order valence-electron chi connectivity index (χ2n) is 7.54. The zero-order valence-electron chi connectivity index (χ0n) is 19.4. The van der Waals surface area contributed by atoms with Gasteiger partial charge in [0, 0.05) is 24.9 Å². The Labute approximate surface area is 235 Å². The van der Waals surface area contributed by atoms with E-state index >= 15 is 0 Å². The molecule has 0 fully saturated rings. The second-order valence-corrected chi connectivity index (χ2v) is 11.2. The molecule has 0 aliphatic rings. The van der Waals surface area contributed by atoms with Crippen molar-refractivity contribution in [3.8, 4) is 0 Å². The number of nitro benzene ring substituents is 2. The number of halogens is 2. The van der Waals surface area contributed by atoms with Crippen molar-refractivity contribution in [3.05, 3.63) is 89.4 Å². The van der Waals surface area contributed by atoms with E-state index in [1.807, 2.05) is 22.6 Å². The van der Waals surface area contributed by atoms with Crippen LogP contribution in [0.4, 0.5) is 22.0 Å². The summed E-state index contributed by atoms with van der Waals surface area (Å²) in [4.78, 5) is 41.2. The Hall–Kier alpha value is -3.57. The average Bonchev–Trinajstić information content (AvgIpc) is 2.89. The number of aromatic nitrogens is 2. The molecule has 13 nitrogen and oxygen atoms in total. The summed E-state index contributed by atoms with van der Waals surface area (Å²) >= 11 is 7.84. The minimum absolute atomic E-state index is 0.0629. The molecule has 0 bridgehead atoms. The zero-order valence-corrected chi connectivity index (χ0v) is 23.1. The van der Waals surface area contributed by atoms with E-state index in [-0.39, 0.29) is 23.2 Å². The summed E-state index contributed by atoms with van der Waals surface area (Å²) in [6.07, 6.45) is 1.02. The summed E-state index contributed by atoms with van der Waals surface area (Å²) in [5.74, 6) is 0.503. The maximum absolute atomic E-state index is 13.9. The first-order valence-electron chi connectivity index (χ1n) is 10.8. The van der Waals surface area contributed by atoms with Crippen molar-refractivity contribution in [3.63, 3.8) is 0 Å². The van der Waals surface area contributed by atoms with Crippen LogP contribution in [0.3, 0.4) is 0 Å². The lowest BCUT2D eigenvalue weighted by Gasteiger charge is -2.14. The number of rotatable bonds is 11. The first-order valence-corrected chi connectivity index (χ1v) is 13.9. The van der Waals surface area contributed by atoms with Crippen LogP contribution in [0, 0.1) is 23.8 Å². The third-order valence-corrected chi connectivity index (χ3v) is 7.92. The first kappa shape index (κ1) is 29.0. The third-order valence-electron chi connectivity index (χ3n) is 4.84. The van der Waals surface area contributed by atoms with Crippen molar-refractivity contribution < 1.29 is 23.6 Å². The molecule has 0 aliphatic carbocycles. The summed E-state index contributed by atoms with van der Waals surface area (Å²) in [5, 5.41) is 27.1. The Morgan fingerprint density at radius 1 is 1.13 bits per heavy atom. The molecule has 0 saturated carbocycles. The van der Waals surface area contributed by atoms with Crippen LogP contribution in [-0.4, -0.2) is 42.0 Å². The predicted molar refractivity (Wildman–Crippen MR) is 149 cm³/mol. The number of unbranched alkanes of at least 4 members (excludes halogenated alkanes) is 1. The largest absolute Gasteiger partial charge is 0.444 e. The smallest absolute Gasteiger partial charge is 0.419 e. The van der Waals surface area contributed by atoms with Crippen LogP contribution >= 0.6 is 34.2 Å². The fourth-order valence-corrected chi connectivity index (χ4v) is 5.43. The number of nitrogens with one attached hydrogen (secondary N) is 2. The first-order chi connectivity index (χ1) is 18.1. The molecule has 0 radical (unpaired) electrons. The van der Waals surface area contributed by atoms with Gasteiger partial charge < -0.3 is 10.1 Å². The van der Waals surface area contributed by atoms with Gasteiger partial charge in [-0.2, -0.15) is 4.98 Å². The highest BCUT2D eigenvalue weighted by Gasteiger charge is 2.23. The Bertz CT molecular complexity index is 1440. The fourth-order valence-electron chi connectivity index (χ4n) is 3.05. The van der Waals surface area contributed by atoms with E-state index in [0.717, 1.165) is 21.8 Å². The van der Waals surface area contributed by atoms with Crippen molar-refractivity contribution in [2.24, 2.45) is 0 Å². The van der Waals surface area contributed by atoms with Crippen LogP contribution in [-0.2, 0) is 21.1 Å². The molecule has 38 heavy (non-hydrogen) atoms.